The normalized spacial score (nSPS) is 12.5. The second-order valence-corrected chi connectivity index (χ2v) is 6.77. The Balaban J connectivity index is 2.39. The molecule has 1 atom stereocenters. The van der Waals surface area contributed by atoms with Crippen molar-refractivity contribution >= 4 is 17.6 Å². The minimum absolute atomic E-state index is 0.0898. The zero-order valence-electron chi connectivity index (χ0n) is 16.2. The van der Waals surface area contributed by atoms with Crippen molar-refractivity contribution in [2.24, 2.45) is 5.92 Å². The summed E-state index contributed by atoms with van der Waals surface area (Å²) in [6.45, 7) is 7.25. The van der Waals surface area contributed by atoms with Gasteiger partial charge in [0, 0.05) is 5.92 Å². The number of carbonyl (C=O) groups is 2. The van der Waals surface area contributed by atoms with Gasteiger partial charge in [0.25, 0.3) is 0 Å². The van der Waals surface area contributed by atoms with Crippen molar-refractivity contribution in [2.45, 2.75) is 46.5 Å². The fraction of sp³-hybridized carbons (Fsp3) is 0.333. The van der Waals surface area contributed by atoms with Crippen LogP contribution in [0.4, 0.5) is 0 Å². The number of ketones is 2. The summed E-state index contributed by atoms with van der Waals surface area (Å²) in [5, 5.41) is 0. The van der Waals surface area contributed by atoms with E-state index in [1.54, 1.807) is 0 Å². The van der Waals surface area contributed by atoms with Crippen LogP contribution in [0.2, 0.25) is 0 Å². The molecule has 26 heavy (non-hydrogen) atoms. The maximum atomic E-state index is 12.2. The molecule has 0 unspecified atom stereocenters. The van der Waals surface area contributed by atoms with Crippen LogP contribution in [0.25, 0.3) is 6.08 Å². The third-order valence-corrected chi connectivity index (χ3v) is 4.89. The van der Waals surface area contributed by atoms with Gasteiger partial charge in [-0.3, -0.25) is 9.59 Å². The highest BCUT2D eigenvalue weighted by molar-refractivity contribution is 6.01. The number of allylic oxidation sites excluding steroid dienone is 1. The first-order valence-electron chi connectivity index (χ1n) is 9.33. The van der Waals surface area contributed by atoms with Crippen LogP contribution in [-0.2, 0) is 22.4 Å². The Kier molecular flexibility index (Phi) is 7.08. The number of hydrogen-bond donors (Lipinski definition) is 0. The van der Waals surface area contributed by atoms with Crippen LogP contribution in [0.3, 0.4) is 0 Å². The molecule has 0 N–H and O–H groups in total. The highest BCUT2D eigenvalue weighted by Gasteiger charge is 2.29. The van der Waals surface area contributed by atoms with Gasteiger partial charge in [0.1, 0.15) is 11.6 Å². The first-order chi connectivity index (χ1) is 12.5. The summed E-state index contributed by atoms with van der Waals surface area (Å²) in [5.41, 5.74) is 4.61. The molecule has 2 aromatic carbocycles. The molecule has 2 heteroatoms. The third kappa shape index (κ3) is 5.01. The zero-order valence-corrected chi connectivity index (χ0v) is 16.2. The molecular weight excluding hydrogens is 320 g/mol. The molecule has 0 bridgehead atoms. The molecule has 0 saturated carbocycles. The van der Waals surface area contributed by atoms with Crippen molar-refractivity contribution in [1.82, 2.24) is 0 Å². The van der Waals surface area contributed by atoms with E-state index in [1.165, 1.54) is 25.0 Å². The van der Waals surface area contributed by atoms with E-state index in [0.717, 1.165) is 24.0 Å². The lowest BCUT2D eigenvalue weighted by atomic mass is 9.80. The van der Waals surface area contributed by atoms with Crippen molar-refractivity contribution < 1.29 is 9.59 Å². The van der Waals surface area contributed by atoms with Gasteiger partial charge in [0.15, 0.2) is 0 Å². The lowest BCUT2D eigenvalue weighted by Crippen LogP contribution is -2.26. The molecule has 0 radical (unpaired) electrons. The van der Waals surface area contributed by atoms with E-state index in [4.69, 9.17) is 0 Å². The molecule has 0 fully saturated rings. The van der Waals surface area contributed by atoms with E-state index in [1.807, 2.05) is 24.3 Å². The first kappa shape index (κ1) is 19.8. The number of hydrogen-bond acceptors (Lipinski definition) is 2. The van der Waals surface area contributed by atoms with Crippen LogP contribution in [0.5, 0.6) is 0 Å². The molecule has 0 heterocycles. The van der Waals surface area contributed by atoms with E-state index in [2.05, 4.69) is 50.2 Å². The van der Waals surface area contributed by atoms with Crippen molar-refractivity contribution in [3.63, 3.8) is 0 Å². The smallest absolute Gasteiger partial charge is 0.141 e. The van der Waals surface area contributed by atoms with Gasteiger partial charge in [-0.15, -0.1) is 0 Å². The van der Waals surface area contributed by atoms with Crippen molar-refractivity contribution in [3.05, 3.63) is 76.9 Å². The van der Waals surface area contributed by atoms with Gasteiger partial charge >= 0.3 is 0 Å². The highest BCUT2D eigenvalue weighted by Crippen LogP contribution is 2.29. The van der Waals surface area contributed by atoms with Gasteiger partial charge in [0.05, 0.1) is 5.92 Å². The predicted octanol–water partition coefficient (Wildman–Crippen LogP) is 5.40. The summed E-state index contributed by atoms with van der Waals surface area (Å²) < 4.78 is 0. The molecule has 0 saturated heterocycles. The monoisotopic (exact) mass is 348 g/mol. The molecule has 2 rings (SSSR count). The predicted molar refractivity (Wildman–Crippen MR) is 108 cm³/mol. The minimum atomic E-state index is -0.645. The fourth-order valence-electron chi connectivity index (χ4n) is 3.26. The Morgan fingerprint density at radius 1 is 0.808 bits per heavy atom. The largest absolute Gasteiger partial charge is 0.299 e. The van der Waals surface area contributed by atoms with Crippen LogP contribution in [0.1, 0.15) is 55.9 Å². The molecule has 0 aromatic heterocycles. The van der Waals surface area contributed by atoms with Gasteiger partial charge < -0.3 is 0 Å². The van der Waals surface area contributed by atoms with Crippen LogP contribution in [0, 0.1) is 5.92 Å². The second kappa shape index (κ2) is 9.28. The maximum Gasteiger partial charge on any atom is 0.141 e. The van der Waals surface area contributed by atoms with E-state index in [-0.39, 0.29) is 17.5 Å². The molecule has 2 nitrogen and oxygen atoms in total. The summed E-state index contributed by atoms with van der Waals surface area (Å²) in [6.07, 6.45) is 5.98. The number of benzene rings is 2. The first-order valence-corrected chi connectivity index (χ1v) is 9.33. The van der Waals surface area contributed by atoms with Crippen molar-refractivity contribution in [1.29, 1.82) is 0 Å². The average Bonchev–Trinajstić information content (AvgIpc) is 2.64. The maximum absolute atomic E-state index is 12.2. The van der Waals surface area contributed by atoms with E-state index >= 15 is 0 Å². The summed E-state index contributed by atoms with van der Waals surface area (Å²) in [6, 6.07) is 16.6. The van der Waals surface area contributed by atoms with Crippen molar-refractivity contribution in [2.75, 3.05) is 0 Å². The zero-order chi connectivity index (χ0) is 19.1. The molecule has 2 aromatic rings. The van der Waals surface area contributed by atoms with Gasteiger partial charge in [0.2, 0.25) is 0 Å². The van der Waals surface area contributed by atoms with E-state index in [0.29, 0.717) is 0 Å². The van der Waals surface area contributed by atoms with Crippen LogP contribution in [0.15, 0.2) is 54.6 Å². The molecule has 136 valence electrons. The Hall–Kier alpha value is -2.48. The van der Waals surface area contributed by atoms with Crippen LogP contribution >= 0.6 is 0 Å². The molecule has 0 aliphatic rings. The summed E-state index contributed by atoms with van der Waals surface area (Å²) in [7, 11) is 0. The lowest BCUT2D eigenvalue weighted by molar-refractivity contribution is -0.130. The highest BCUT2D eigenvalue weighted by atomic mass is 16.1. The third-order valence-electron chi connectivity index (χ3n) is 4.89. The summed E-state index contributed by atoms with van der Waals surface area (Å²) in [5.74, 6) is -1.07. The molecule has 0 spiro atoms. The fourth-order valence-corrected chi connectivity index (χ4v) is 3.26. The SMILES string of the molecule is CCc1ccc(/C=C/[C@@H](c2ccc(CC)cc2)C(C(C)=O)C(C)=O)cc1. The number of aryl methyl sites for hydroxylation is 2. The molecule has 0 amide bonds. The van der Waals surface area contributed by atoms with Gasteiger partial charge in [-0.05, 0) is 48.9 Å². The van der Waals surface area contributed by atoms with Crippen molar-refractivity contribution in [3.8, 4) is 0 Å². The number of carbonyl (C=O) groups excluding carboxylic acids is 2. The van der Waals surface area contributed by atoms with Gasteiger partial charge in [-0.25, -0.2) is 0 Å². The quantitative estimate of drug-likeness (QED) is 0.598. The molecular formula is C24H28O2. The molecule has 0 aliphatic heterocycles. The van der Waals surface area contributed by atoms with E-state index < -0.39 is 5.92 Å². The lowest BCUT2D eigenvalue weighted by Gasteiger charge is -2.21. The second-order valence-electron chi connectivity index (χ2n) is 6.77. The van der Waals surface area contributed by atoms with Crippen LogP contribution in [-0.4, -0.2) is 11.6 Å². The molecule has 0 aliphatic carbocycles. The average molecular weight is 348 g/mol. The van der Waals surface area contributed by atoms with E-state index in [9.17, 15) is 9.59 Å². The van der Waals surface area contributed by atoms with Crippen LogP contribution < -0.4 is 0 Å². The Morgan fingerprint density at radius 3 is 1.69 bits per heavy atom. The number of rotatable bonds is 8. The summed E-state index contributed by atoms with van der Waals surface area (Å²) >= 11 is 0. The Bertz CT molecular complexity index is 753. The van der Waals surface area contributed by atoms with Gasteiger partial charge in [-0.1, -0.05) is 74.5 Å². The topological polar surface area (TPSA) is 34.1 Å². The Morgan fingerprint density at radius 2 is 1.27 bits per heavy atom. The minimum Gasteiger partial charge on any atom is -0.299 e. The van der Waals surface area contributed by atoms with Gasteiger partial charge in [-0.2, -0.15) is 0 Å². The Labute approximate surface area is 157 Å². The standard InChI is InChI=1S/C24H28O2/c1-5-19-7-9-21(10-8-19)13-16-23(24(17(3)25)18(4)26)22-14-11-20(6-2)12-15-22/h7-16,23-24H,5-6H2,1-4H3/b16-13+/t23-/m0/s1. The number of Topliss-reactive ketones (excluding diaryl/α,β-unsaturated/α-hetero) is 2. The summed E-state index contributed by atoms with van der Waals surface area (Å²) in [4.78, 5) is 24.3.